The summed E-state index contributed by atoms with van der Waals surface area (Å²) in [6.45, 7) is 10.8. The minimum absolute atomic E-state index is 0.130. The van der Waals surface area contributed by atoms with Crippen molar-refractivity contribution in [1.29, 1.82) is 0 Å². The molecule has 1 aliphatic rings. The highest BCUT2D eigenvalue weighted by Gasteiger charge is 2.21. The molecule has 0 aliphatic carbocycles. The van der Waals surface area contributed by atoms with Crippen LogP contribution in [-0.2, 0) is 5.41 Å². The van der Waals surface area contributed by atoms with E-state index in [1.807, 2.05) is 12.1 Å². The second-order valence-electron chi connectivity index (χ2n) is 6.59. The normalized spacial score (nSPS) is 19.0. The second kappa shape index (κ2) is 6.12. The number of aliphatic hydroxyl groups is 1. The van der Waals surface area contributed by atoms with Crippen molar-refractivity contribution in [3.8, 4) is 5.75 Å². The van der Waals surface area contributed by atoms with Crippen LogP contribution in [-0.4, -0.2) is 47.8 Å². The average Bonchev–Trinajstić information content (AvgIpc) is 2.39. The summed E-state index contributed by atoms with van der Waals surface area (Å²) >= 11 is 0. The first-order valence-electron chi connectivity index (χ1n) is 7.32. The predicted molar refractivity (Wildman–Crippen MR) is 81.1 cm³/mol. The number of benzene rings is 1. The third-order valence-corrected chi connectivity index (χ3v) is 3.85. The molecule has 0 aromatic heterocycles. The standard InChI is InChI=1S/C16H26N2O2/c1-16(2,3)13-10-12(4-5-14(13)19)15(20)11-18-8-6-17-7-9-18/h4-5,10,15,17,19-20H,6-9,11H2,1-3H3. The number of aliphatic hydroxyl groups excluding tert-OH is 1. The van der Waals surface area contributed by atoms with Gasteiger partial charge in [0.2, 0.25) is 0 Å². The maximum Gasteiger partial charge on any atom is 0.119 e. The summed E-state index contributed by atoms with van der Waals surface area (Å²) in [7, 11) is 0. The van der Waals surface area contributed by atoms with Gasteiger partial charge in [-0.25, -0.2) is 0 Å². The number of phenols is 1. The van der Waals surface area contributed by atoms with Crippen LogP contribution in [0.5, 0.6) is 5.75 Å². The third kappa shape index (κ3) is 3.72. The molecule has 4 heteroatoms. The van der Waals surface area contributed by atoms with E-state index in [0.29, 0.717) is 12.3 Å². The number of hydrogen-bond donors (Lipinski definition) is 3. The van der Waals surface area contributed by atoms with Crippen molar-refractivity contribution in [3.05, 3.63) is 29.3 Å². The van der Waals surface area contributed by atoms with Gasteiger partial charge >= 0.3 is 0 Å². The van der Waals surface area contributed by atoms with Crippen LogP contribution in [0.3, 0.4) is 0 Å². The van der Waals surface area contributed by atoms with E-state index in [-0.39, 0.29) is 5.41 Å². The van der Waals surface area contributed by atoms with Crippen LogP contribution in [0, 0.1) is 0 Å². The second-order valence-corrected chi connectivity index (χ2v) is 6.59. The first kappa shape index (κ1) is 15.3. The van der Waals surface area contributed by atoms with Crippen molar-refractivity contribution in [2.75, 3.05) is 32.7 Å². The minimum atomic E-state index is -0.505. The molecular weight excluding hydrogens is 252 g/mol. The Morgan fingerprint density at radius 1 is 1.25 bits per heavy atom. The lowest BCUT2D eigenvalue weighted by molar-refractivity contribution is 0.105. The van der Waals surface area contributed by atoms with Gasteiger partial charge in [-0.1, -0.05) is 26.8 Å². The van der Waals surface area contributed by atoms with Crippen LogP contribution in [0.2, 0.25) is 0 Å². The van der Waals surface area contributed by atoms with E-state index in [1.54, 1.807) is 6.07 Å². The van der Waals surface area contributed by atoms with E-state index < -0.39 is 6.10 Å². The lowest BCUT2D eigenvalue weighted by atomic mass is 9.85. The quantitative estimate of drug-likeness (QED) is 0.786. The van der Waals surface area contributed by atoms with Gasteiger partial charge in [-0.15, -0.1) is 0 Å². The van der Waals surface area contributed by atoms with Crippen LogP contribution in [0.25, 0.3) is 0 Å². The van der Waals surface area contributed by atoms with Gasteiger partial charge in [-0.3, -0.25) is 4.90 Å². The number of nitrogens with zero attached hydrogens (tertiary/aromatic N) is 1. The van der Waals surface area contributed by atoms with E-state index in [2.05, 4.69) is 31.0 Å². The molecule has 2 rings (SSSR count). The van der Waals surface area contributed by atoms with Gasteiger partial charge in [0.15, 0.2) is 0 Å². The van der Waals surface area contributed by atoms with Gasteiger partial charge in [0.25, 0.3) is 0 Å². The van der Waals surface area contributed by atoms with Gasteiger partial charge in [-0.2, -0.15) is 0 Å². The summed E-state index contributed by atoms with van der Waals surface area (Å²) in [6.07, 6.45) is -0.505. The fraction of sp³-hybridized carbons (Fsp3) is 0.625. The van der Waals surface area contributed by atoms with Crippen LogP contribution in [0.1, 0.15) is 38.0 Å². The zero-order valence-electron chi connectivity index (χ0n) is 12.7. The molecule has 4 nitrogen and oxygen atoms in total. The predicted octanol–water partition coefficient (Wildman–Crippen LogP) is 1.63. The number of β-amino-alcohol motifs (C(OH)–C–C–N with tert-alkyl or cyclic N) is 1. The number of phenolic OH excluding ortho intramolecular Hbond substituents is 1. The lowest BCUT2D eigenvalue weighted by Crippen LogP contribution is -2.44. The van der Waals surface area contributed by atoms with E-state index in [0.717, 1.165) is 37.3 Å². The van der Waals surface area contributed by atoms with Crippen molar-refractivity contribution in [2.45, 2.75) is 32.3 Å². The number of piperazine rings is 1. The monoisotopic (exact) mass is 278 g/mol. The Balaban J connectivity index is 2.11. The van der Waals surface area contributed by atoms with Crippen molar-refractivity contribution in [1.82, 2.24) is 10.2 Å². The molecular formula is C16H26N2O2. The molecule has 0 saturated carbocycles. The summed E-state index contributed by atoms with van der Waals surface area (Å²) in [5.41, 5.74) is 1.63. The fourth-order valence-corrected chi connectivity index (χ4v) is 2.61. The Kier molecular flexibility index (Phi) is 4.68. The molecule has 1 heterocycles. The largest absolute Gasteiger partial charge is 0.508 e. The van der Waals surface area contributed by atoms with Crippen molar-refractivity contribution < 1.29 is 10.2 Å². The first-order chi connectivity index (χ1) is 9.38. The van der Waals surface area contributed by atoms with Gasteiger partial charge < -0.3 is 15.5 Å². The molecule has 1 unspecified atom stereocenters. The number of nitrogens with one attached hydrogen (secondary N) is 1. The summed E-state index contributed by atoms with van der Waals surface area (Å²) in [4.78, 5) is 2.27. The first-order valence-corrected chi connectivity index (χ1v) is 7.32. The smallest absolute Gasteiger partial charge is 0.119 e. The SMILES string of the molecule is CC(C)(C)c1cc(C(O)CN2CCNCC2)ccc1O. The Morgan fingerprint density at radius 2 is 1.90 bits per heavy atom. The van der Waals surface area contributed by atoms with Gasteiger partial charge in [0.1, 0.15) is 5.75 Å². The van der Waals surface area contributed by atoms with Crippen LogP contribution in [0.4, 0.5) is 0 Å². The summed E-state index contributed by atoms with van der Waals surface area (Å²) < 4.78 is 0. The lowest BCUT2D eigenvalue weighted by Gasteiger charge is -2.29. The molecule has 20 heavy (non-hydrogen) atoms. The van der Waals surface area contributed by atoms with E-state index in [1.165, 1.54) is 0 Å². The van der Waals surface area contributed by atoms with Crippen molar-refractivity contribution in [2.24, 2.45) is 0 Å². The molecule has 1 saturated heterocycles. The van der Waals surface area contributed by atoms with Gasteiger partial charge in [0.05, 0.1) is 6.10 Å². The molecule has 1 atom stereocenters. The topological polar surface area (TPSA) is 55.7 Å². The Hall–Kier alpha value is -1.10. The average molecular weight is 278 g/mol. The maximum absolute atomic E-state index is 10.4. The maximum atomic E-state index is 10.4. The van der Waals surface area contributed by atoms with E-state index in [9.17, 15) is 10.2 Å². The third-order valence-electron chi connectivity index (χ3n) is 3.85. The number of hydrogen-bond acceptors (Lipinski definition) is 4. The molecule has 1 aliphatic heterocycles. The Bertz CT molecular complexity index is 448. The van der Waals surface area contributed by atoms with Gasteiger partial charge in [0, 0.05) is 32.7 Å². The molecule has 0 amide bonds. The van der Waals surface area contributed by atoms with Crippen molar-refractivity contribution >= 4 is 0 Å². The Labute approximate surface area is 121 Å². The molecule has 3 N–H and O–H groups in total. The minimum Gasteiger partial charge on any atom is -0.508 e. The highest BCUT2D eigenvalue weighted by atomic mass is 16.3. The summed E-state index contributed by atoms with van der Waals surface area (Å²) in [6, 6.07) is 5.44. The van der Waals surface area contributed by atoms with E-state index in [4.69, 9.17) is 0 Å². The molecule has 1 fully saturated rings. The zero-order valence-corrected chi connectivity index (χ0v) is 12.7. The van der Waals surface area contributed by atoms with Crippen LogP contribution < -0.4 is 5.32 Å². The number of rotatable bonds is 3. The fourth-order valence-electron chi connectivity index (χ4n) is 2.61. The highest BCUT2D eigenvalue weighted by molar-refractivity contribution is 5.41. The van der Waals surface area contributed by atoms with Crippen LogP contribution in [0.15, 0.2) is 18.2 Å². The summed E-state index contributed by atoms with van der Waals surface area (Å²) in [5.74, 6) is 0.302. The highest BCUT2D eigenvalue weighted by Crippen LogP contribution is 2.32. The number of aromatic hydroxyl groups is 1. The molecule has 0 spiro atoms. The molecule has 0 radical (unpaired) electrons. The molecule has 112 valence electrons. The van der Waals surface area contributed by atoms with Crippen molar-refractivity contribution in [3.63, 3.8) is 0 Å². The molecule has 1 aromatic carbocycles. The zero-order chi connectivity index (χ0) is 14.8. The molecule has 0 bridgehead atoms. The van der Waals surface area contributed by atoms with Gasteiger partial charge in [-0.05, 0) is 28.7 Å². The van der Waals surface area contributed by atoms with E-state index >= 15 is 0 Å². The van der Waals surface area contributed by atoms with Crippen LogP contribution >= 0.6 is 0 Å². The summed E-state index contributed by atoms with van der Waals surface area (Å²) in [5, 5.41) is 23.7. The Morgan fingerprint density at radius 3 is 2.50 bits per heavy atom. The molecule has 1 aromatic rings.